The second kappa shape index (κ2) is 6.48. The van der Waals surface area contributed by atoms with Gasteiger partial charge < -0.3 is 15.4 Å². The molecule has 126 valence electrons. The molecule has 1 aromatic heterocycles. The van der Waals surface area contributed by atoms with Crippen LogP contribution in [0.25, 0.3) is 0 Å². The van der Waals surface area contributed by atoms with Crippen LogP contribution in [0.15, 0.2) is 24.3 Å². The third-order valence-electron chi connectivity index (χ3n) is 4.64. The number of carbonyl (C=O) groups is 1. The first kappa shape index (κ1) is 15.5. The predicted molar refractivity (Wildman–Crippen MR) is 97.0 cm³/mol. The van der Waals surface area contributed by atoms with Crippen LogP contribution in [-0.2, 0) is 12.8 Å². The molecule has 1 aromatic carbocycles. The fraction of sp³-hybridized carbons (Fsp3) is 0.421. The SMILES string of the molecule is CCCOc1ccccc1[C@H]1NC(=O)c2c(sc3c2CCCC3)N1. The minimum absolute atomic E-state index is 0.0402. The van der Waals surface area contributed by atoms with E-state index in [0.717, 1.165) is 41.1 Å². The van der Waals surface area contributed by atoms with E-state index in [1.807, 2.05) is 24.3 Å². The molecule has 1 aliphatic heterocycles. The first-order valence-corrected chi connectivity index (χ1v) is 9.53. The highest BCUT2D eigenvalue weighted by molar-refractivity contribution is 7.16. The number of amides is 1. The minimum atomic E-state index is -0.238. The van der Waals surface area contributed by atoms with Crippen molar-refractivity contribution in [1.29, 1.82) is 0 Å². The summed E-state index contributed by atoms with van der Waals surface area (Å²) in [5.41, 5.74) is 3.12. The number of rotatable bonds is 4. The number of hydrogen-bond donors (Lipinski definition) is 2. The standard InChI is InChI=1S/C19H22N2O2S/c1-2-11-23-14-9-5-3-7-12(14)17-20-18(22)16-13-8-4-6-10-15(13)24-19(16)21-17/h3,5,7,9,17,21H,2,4,6,8,10-11H2,1H3,(H,20,22)/t17-/m0/s1. The van der Waals surface area contributed by atoms with Crippen LogP contribution in [0.5, 0.6) is 5.75 Å². The van der Waals surface area contributed by atoms with Crippen LogP contribution in [0.4, 0.5) is 5.00 Å². The lowest BCUT2D eigenvalue weighted by Crippen LogP contribution is -2.38. The molecule has 5 heteroatoms. The van der Waals surface area contributed by atoms with E-state index in [-0.39, 0.29) is 12.1 Å². The quantitative estimate of drug-likeness (QED) is 0.872. The molecule has 0 bridgehead atoms. The Morgan fingerprint density at radius 2 is 2.04 bits per heavy atom. The van der Waals surface area contributed by atoms with Gasteiger partial charge in [-0.1, -0.05) is 25.1 Å². The van der Waals surface area contributed by atoms with Gasteiger partial charge in [-0.15, -0.1) is 11.3 Å². The average Bonchev–Trinajstić information content (AvgIpc) is 2.99. The molecule has 0 radical (unpaired) electrons. The zero-order chi connectivity index (χ0) is 16.5. The molecule has 4 rings (SSSR count). The van der Waals surface area contributed by atoms with Crippen molar-refractivity contribution in [1.82, 2.24) is 5.32 Å². The Kier molecular flexibility index (Phi) is 4.19. The summed E-state index contributed by atoms with van der Waals surface area (Å²) in [6.07, 6.45) is 5.25. The van der Waals surface area contributed by atoms with Gasteiger partial charge in [0.15, 0.2) is 0 Å². The monoisotopic (exact) mass is 342 g/mol. The van der Waals surface area contributed by atoms with E-state index in [1.165, 1.54) is 23.3 Å². The lowest BCUT2D eigenvalue weighted by Gasteiger charge is -2.28. The molecule has 0 spiro atoms. The van der Waals surface area contributed by atoms with E-state index in [1.54, 1.807) is 11.3 Å². The Morgan fingerprint density at radius 3 is 2.92 bits per heavy atom. The molecular weight excluding hydrogens is 320 g/mol. The Hall–Kier alpha value is -2.01. The number of hydrogen-bond acceptors (Lipinski definition) is 4. The number of aryl methyl sites for hydroxylation is 1. The van der Waals surface area contributed by atoms with Crippen LogP contribution in [0.3, 0.4) is 0 Å². The number of carbonyl (C=O) groups excluding carboxylic acids is 1. The van der Waals surface area contributed by atoms with Gasteiger partial charge >= 0.3 is 0 Å². The van der Waals surface area contributed by atoms with Gasteiger partial charge in [0, 0.05) is 10.4 Å². The van der Waals surface area contributed by atoms with Crippen molar-refractivity contribution in [3.8, 4) is 5.75 Å². The Bertz CT molecular complexity index is 769. The van der Waals surface area contributed by atoms with Crippen molar-refractivity contribution in [2.24, 2.45) is 0 Å². The second-order valence-corrected chi connectivity index (χ2v) is 7.46. The Balaban J connectivity index is 1.66. The maximum Gasteiger partial charge on any atom is 0.256 e. The minimum Gasteiger partial charge on any atom is -0.493 e. The first-order valence-electron chi connectivity index (χ1n) is 8.71. The van der Waals surface area contributed by atoms with Crippen molar-refractivity contribution in [3.05, 3.63) is 45.8 Å². The summed E-state index contributed by atoms with van der Waals surface area (Å²) in [6.45, 7) is 2.77. The lowest BCUT2D eigenvalue weighted by atomic mass is 9.94. The van der Waals surface area contributed by atoms with Gasteiger partial charge in [-0.3, -0.25) is 4.79 Å². The highest BCUT2D eigenvalue weighted by atomic mass is 32.1. The summed E-state index contributed by atoms with van der Waals surface area (Å²) >= 11 is 1.75. The highest BCUT2D eigenvalue weighted by Gasteiger charge is 2.32. The van der Waals surface area contributed by atoms with Gasteiger partial charge in [0.05, 0.1) is 12.2 Å². The highest BCUT2D eigenvalue weighted by Crippen LogP contribution is 2.42. The van der Waals surface area contributed by atoms with Gasteiger partial charge in [-0.2, -0.15) is 0 Å². The lowest BCUT2D eigenvalue weighted by molar-refractivity contribution is 0.0934. The summed E-state index contributed by atoms with van der Waals surface area (Å²) in [4.78, 5) is 14.1. The number of nitrogens with one attached hydrogen (secondary N) is 2. The Morgan fingerprint density at radius 1 is 1.21 bits per heavy atom. The van der Waals surface area contributed by atoms with Gasteiger partial charge in [0.2, 0.25) is 0 Å². The van der Waals surface area contributed by atoms with Gasteiger partial charge in [-0.25, -0.2) is 0 Å². The number of benzene rings is 1. The zero-order valence-electron chi connectivity index (χ0n) is 13.9. The fourth-order valence-corrected chi connectivity index (χ4v) is 4.81. The van der Waals surface area contributed by atoms with Crippen LogP contribution in [0, 0.1) is 0 Å². The predicted octanol–water partition coefficient (Wildman–Crippen LogP) is 4.27. The van der Waals surface area contributed by atoms with Crippen molar-refractivity contribution >= 4 is 22.2 Å². The molecule has 2 aliphatic rings. The van der Waals surface area contributed by atoms with Crippen LogP contribution >= 0.6 is 11.3 Å². The second-order valence-electron chi connectivity index (χ2n) is 6.35. The van der Waals surface area contributed by atoms with Gasteiger partial charge in [0.1, 0.15) is 16.9 Å². The molecule has 1 atom stereocenters. The smallest absolute Gasteiger partial charge is 0.256 e. The van der Waals surface area contributed by atoms with Crippen molar-refractivity contribution in [2.45, 2.75) is 45.2 Å². The van der Waals surface area contributed by atoms with Crippen LogP contribution in [-0.4, -0.2) is 12.5 Å². The number of para-hydroxylation sites is 1. The van der Waals surface area contributed by atoms with E-state index in [0.29, 0.717) is 6.61 Å². The van der Waals surface area contributed by atoms with Crippen molar-refractivity contribution in [3.63, 3.8) is 0 Å². The summed E-state index contributed by atoms with van der Waals surface area (Å²) in [6, 6.07) is 7.93. The first-order chi connectivity index (χ1) is 11.8. The maximum absolute atomic E-state index is 12.7. The van der Waals surface area contributed by atoms with Crippen molar-refractivity contribution in [2.75, 3.05) is 11.9 Å². The van der Waals surface area contributed by atoms with E-state index in [4.69, 9.17) is 4.74 Å². The summed E-state index contributed by atoms with van der Waals surface area (Å²) < 4.78 is 5.86. The van der Waals surface area contributed by atoms with Crippen molar-refractivity contribution < 1.29 is 9.53 Å². The topological polar surface area (TPSA) is 50.4 Å². The largest absolute Gasteiger partial charge is 0.493 e. The molecule has 2 N–H and O–H groups in total. The van der Waals surface area contributed by atoms with E-state index >= 15 is 0 Å². The summed E-state index contributed by atoms with van der Waals surface area (Å²) in [5, 5.41) is 7.66. The molecule has 1 amide bonds. The van der Waals surface area contributed by atoms with Crippen LogP contribution < -0.4 is 15.4 Å². The van der Waals surface area contributed by atoms with Gasteiger partial charge in [-0.05, 0) is 43.7 Å². The molecule has 2 heterocycles. The molecule has 0 unspecified atom stereocenters. The third-order valence-corrected chi connectivity index (χ3v) is 5.86. The number of thiophene rings is 1. The molecule has 24 heavy (non-hydrogen) atoms. The molecule has 1 aliphatic carbocycles. The zero-order valence-corrected chi connectivity index (χ0v) is 14.7. The van der Waals surface area contributed by atoms with Crippen LogP contribution in [0.1, 0.15) is 58.7 Å². The van der Waals surface area contributed by atoms with E-state index in [2.05, 4.69) is 17.6 Å². The average molecular weight is 342 g/mol. The van der Waals surface area contributed by atoms with E-state index < -0.39 is 0 Å². The Labute approximate surface area is 146 Å². The van der Waals surface area contributed by atoms with Crippen LogP contribution in [0.2, 0.25) is 0 Å². The molecule has 0 fully saturated rings. The van der Waals surface area contributed by atoms with Gasteiger partial charge in [0.25, 0.3) is 5.91 Å². The normalized spacial score (nSPS) is 19.0. The number of ether oxygens (including phenoxy) is 1. The third kappa shape index (κ3) is 2.67. The molecule has 0 saturated heterocycles. The molecular formula is C19H22N2O2S. The molecule has 2 aromatic rings. The summed E-state index contributed by atoms with van der Waals surface area (Å²) in [5.74, 6) is 0.875. The summed E-state index contributed by atoms with van der Waals surface area (Å²) in [7, 11) is 0. The maximum atomic E-state index is 12.7. The number of fused-ring (bicyclic) bond motifs is 3. The van der Waals surface area contributed by atoms with E-state index in [9.17, 15) is 4.79 Å². The molecule has 4 nitrogen and oxygen atoms in total. The molecule has 0 saturated carbocycles. The number of anilines is 1. The fourth-order valence-electron chi connectivity index (χ4n) is 3.50.